The molecule has 1 fully saturated rings. The van der Waals surface area contributed by atoms with Gasteiger partial charge < -0.3 is 19.8 Å². The van der Waals surface area contributed by atoms with E-state index in [0.717, 1.165) is 5.56 Å². The number of hydrogen-bond acceptors (Lipinski definition) is 5. The third-order valence-electron chi connectivity index (χ3n) is 5.22. The largest absolute Gasteiger partial charge is 0.387 e. The van der Waals surface area contributed by atoms with Crippen molar-refractivity contribution in [2.24, 2.45) is 5.16 Å². The summed E-state index contributed by atoms with van der Waals surface area (Å²) in [5, 5.41) is 7.31. The van der Waals surface area contributed by atoms with Crippen molar-refractivity contribution in [1.82, 2.24) is 4.90 Å². The van der Waals surface area contributed by atoms with Crippen LogP contribution in [-0.4, -0.2) is 53.6 Å². The molecule has 32 heavy (non-hydrogen) atoms. The number of oxime groups is 1. The van der Waals surface area contributed by atoms with Crippen molar-refractivity contribution in [1.29, 1.82) is 0 Å². The molecule has 1 unspecified atom stereocenters. The quantitative estimate of drug-likeness (QED) is 0.622. The number of nitrogens with one attached hydrogen (secondary N) is 1. The molecule has 0 aliphatic carbocycles. The molecule has 1 atom stereocenters. The Balaban J connectivity index is 1.54. The molecule has 2 aromatic rings. The minimum atomic E-state index is -1.17. The van der Waals surface area contributed by atoms with Gasteiger partial charge in [-0.3, -0.25) is 9.59 Å². The van der Waals surface area contributed by atoms with Crippen LogP contribution in [0.4, 0.5) is 5.69 Å². The summed E-state index contributed by atoms with van der Waals surface area (Å²) in [5.74, 6) is -0.629. The van der Waals surface area contributed by atoms with Crippen LogP contribution in [0, 0.1) is 0 Å². The molecule has 2 aliphatic heterocycles. The van der Waals surface area contributed by atoms with E-state index in [-0.39, 0.29) is 5.91 Å². The molecule has 7 nitrogen and oxygen atoms in total. The average molecular weight is 497 g/mol. The SMILES string of the molecule is O=C(Nc1cccc(C2CC(c3c(Cl)cccc3C(=O)N3CCOCC3)=NO2)c1)C(Cl)Cl. The number of amides is 2. The Bertz CT molecular complexity index is 1050. The highest BCUT2D eigenvalue weighted by Crippen LogP contribution is 2.34. The van der Waals surface area contributed by atoms with Crippen LogP contribution in [0.2, 0.25) is 5.02 Å². The molecule has 0 aromatic heterocycles. The van der Waals surface area contributed by atoms with Gasteiger partial charge in [-0.05, 0) is 29.8 Å². The molecule has 2 heterocycles. The van der Waals surface area contributed by atoms with Gasteiger partial charge in [-0.15, -0.1) is 0 Å². The number of morpholine rings is 1. The summed E-state index contributed by atoms with van der Waals surface area (Å²) in [4.78, 5) is 31.2. The number of benzene rings is 2. The van der Waals surface area contributed by atoms with Crippen molar-refractivity contribution in [3.05, 3.63) is 64.2 Å². The fraction of sp³-hybridized carbons (Fsp3) is 0.318. The number of carbonyl (C=O) groups excluding carboxylic acids is 2. The smallest absolute Gasteiger partial charge is 0.257 e. The van der Waals surface area contributed by atoms with Gasteiger partial charge in [-0.25, -0.2) is 0 Å². The third kappa shape index (κ3) is 5.02. The topological polar surface area (TPSA) is 80.2 Å². The van der Waals surface area contributed by atoms with Crippen LogP contribution in [0.3, 0.4) is 0 Å². The summed E-state index contributed by atoms with van der Waals surface area (Å²) >= 11 is 17.7. The second kappa shape index (κ2) is 10.1. The lowest BCUT2D eigenvalue weighted by molar-refractivity contribution is -0.114. The Morgan fingerprint density at radius 3 is 2.62 bits per heavy atom. The van der Waals surface area contributed by atoms with E-state index in [9.17, 15) is 9.59 Å². The van der Waals surface area contributed by atoms with E-state index in [1.54, 1.807) is 41.3 Å². The Labute approximate surface area is 200 Å². The summed E-state index contributed by atoms with van der Waals surface area (Å²) in [7, 11) is 0. The lowest BCUT2D eigenvalue weighted by Gasteiger charge is -2.27. The van der Waals surface area contributed by atoms with E-state index in [4.69, 9.17) is 44.4 Å². The maximum absolute atomic E-state index is 13.1. The molecule has 0 saturated carbocycles. The minimum Gasteiger partial charge on any atom is -0.387 e. The number of hydrogen-bond donors (Lipinski definition) is 1. The van der Waals surface area contributed by atoms with Gasteiger partial charge in [-0.1, -0.05) is 58.2 Å². The number of nitrogens with zero attached hydrogens (tertiary/aromatic N) is 2. The van der Waals surface area contributed by atoms with Crippen LogP contribution < -0.4 is 5.32 Å². The number of alkyl halides is 2. The zero-order valence-electron chi connectivity index (χ0n) is 16.9. The maximum atomic E-state index is 13.1. The van der Waals surface area contributed by atoms with Gasteiger partial charge in [-0.2, -0.15) is 0 Å². The Hall–Kier alpha value is -2.32. The van der Waals surface area contributed by atoms with E-state index < -0.39 is 16.8 Å². The number of anilines is 1. The van der Waals surface area contributed by atoms with Crippen molar-refractivity contribution in [2.75, 3.05) is 31.6 Å². The molecular formula is C22H20Cl3N3O4. The fourth-order valence-electron chi connectivity index (χ4n) is 3.65. The molecule has 0 bridgehead atoms. The molecule has 168 valence electrons. The Kier molecular flexibility index (Phi) is 7.20. The van der Waals surface area contributed by atoms with Crippen molar-refractivity contribution < 1.29 is 19.2 Å². The summed E-state index contributed by atoms with van der Waals surface area (Å²) in [6, 6.07) is 12.4. The molecule has 0 spiro atoms. The summed E-state index contributed by atoms with van der Waals surface area (Å²) in [6.07, 6.45) is 0.0188. The summed E-state index contributed by atoms with van der Waals surface area (Å²) in [6.45, 7) is 2.07. The number of carbonyl (C=O) groups is 2. The molecule has 2 amide bonds. The van der Waals surface area contributed by atoms with Crippen LogP contribution in [0.15, 0.2) is 47.6 Å². The first kappa shape index (κ1) is 22.9. The fourth-order valence-corrected chi connectivity index (χ4v) is 4.04. The predicted molar refractivity (Wildman–Crippen MR) is 124 cm³/mol. The second-order valence-corrected chi connectivity index (χ2v) is 8.82. The average Bonchev–Trinajstić information content (AvgIpc) is 3.29. The lowest BCUT2D eigenvalue weighted by atomic mass is 9.96. The van der Waals surface area contributed by atoms with Crippen LogP contribution in [0.25, 0.3) is 0 Å². The zero-order chi connectivity index (χ0) is 22.7. The molecule has 0 radical (unpaired) electrons. The van der Waals surface area contributed by atoms with Crippen LogP contribution in [0.1, 0.15) is 34.0 Å². The van der Waals surface area contributed by atoms with Crippen molar-refractivity contribution >= 4 is 58.0 Å². The molecular weight excluding hydrogens is 477 g/mol. The first-order chi connectivity index (χ1) is 15.4. The highest BCUT2D eigenvalue weighted by Gasteiger charge is 2.30. The van der Waals surface area contributed by atoms with Gasteiger partial charge in [0, 0.05) is 30.8 Å². The summed E-state index contributed by atoms with van der Waals surface area (Å²) in [5.41, 5.74) is 2.99. The normalized spacial score (nSPS) is 18.3. The van der Waals surface area contributed by atoms with Crippen molar-refractivity contribution in [3.8, 4) is 0 Å². The standard InChI is InChI=1S/C22H20Cl3N3O4/c23-16-6-2-5-15(22(30)28-7-9-31-10-8-28)19(16)17-12-18(32-27-17)13-3-1-4-14(11-13)26-21(29)20(24)25/h1-6,11,18,20H,7-10,12H2,(H,26,29). The van der Waals surface area contributed by atoms with E-state index >= 15 is 0 Å². The molecule has 2 aliphatic rings. The molecule has 1 N–H and O–H groups in total. The zero-order valence-corrected chi connectivity index (χ0v) is 19.2. The van der Waals surface area contributed by atoms with Crippen LogP contribution in [-0.2, 0) is 14.4 Å². The van der Waals surface area contributed by atoms with Gasteiger partial charge >= 0.3 is 0 Å². The van der Waals surface area contributed by atoms with Gasteiger partial charge in [0.05, 0.1) is 29.5 Å². The predicted octanol–water partition coefficient (Wildman–Crippen LogP) is 4.42. The lowest BCUT2D eigenvalue weighted by Crippen LogP contribution is -2.41. The van der Waals surface area contributed by atoms with Gasteiger partial charge in [0.25, 0.3) is 11.8 Å². The van der Waals surface area contributed by atoms with Crippen LogP contribution >= 0.6 is 34.8 Å². The van der Waals surface area contributed by atoms with Gasteiger partial charge in [0.1, 0.15) is 0 Å². The maximum Gasteiger partial charge on any atom is 0.257 e. The monoisotopic (exact) mass is 495 g/mol. The minimum absolute atomic E-state index is 0.113. The first-order valence-corrected chi connectivity index (χ1v) is 11.3. The first-order valence-electron chi connectivity index (χ1n) is 10.0. The van der Waals surface area contributed by atoms with Crippen molar-refractivity contribution in [2.45, 2.75) is 17.4 Å². The molecule has 4 rings (SSSR count). The van der Waals surface area contributed by atoms with E-state index in [0.29, 0.717) is 60.3 Å². The Morgan fingerprint density at radius 1 is 1.12 bits per heavy atom. The van der Waals surface area contributed by atoms with Crippen LogP contribution in [0.5, 0.6) is 0 Å². The summed E-state index contributed by atoms with van der Waals surface area (Å²) < 4.78 is 5.34. The van der Waals surface area contributed by atoms with E-state index in [1.807, 2.05) is 6.07 Å². The number of halogens is 3. The van der Waals surface area contributed by atoms with E-state index in [1.165, 1.54) is 0 Å². The second-order valence-electron chi connectivity index (χ2n) is 7.32. The third-order valence-corrected chi connectivity index (χ3v) is 5.94. The van der Waals surface area contributed by atoms with E-state index in [2.05, 4.69) is 10.5 Å². The number of rotatable bonds is 5. The molecule has 2 aromatic carbocycles. The number of ether oxygens (including phenoxy) is 1. The Morgan fingerprint density at radius 2 is 1.88 bits per heavy atom. The highest BCUT2D eigenvalue weighted by atomic mass is 35.5. The van der Waals surface area contributed by atoms with Crippen molar-refractivity contribution in [3.63, 3.8) is 0 Å². The van der Waals surface area contributed by atoms with Gasteiger partial charge in [0.2, 0.25) is 0 Å². The molecule has 10 heteroatoms. The van der Waals surface area contributed by atoms with Gasteiger partial charge in [0.15, 0.2) is 10.9 Å². The highest BCUT2D eigenvalue weighted by molar-refractivity contribution is 6.54. The molecule has 1 saturated heterocycles.